The standard InChI is InChI=1S/C25H22F2N6O2/c1-2-29-25-31-12-18-10-16(6-8-22(18)32-25)4-3-9-30-23(34)19-13-28-15-33(24(19)35)14-17-5-7-20(26)21(27)11-17/h3-8,10-13,15H,2,9,14H2,1H3,(H,30,34)(H,29,31,32)/b4-3+. The number of carbonyl (C=O) groups excluding carboxylic acids is 1. The summed E-state index contributed by atoms with van der Waals surface area (Å²) in [7, 11) is 0. The summed E-state index contributed by atoms with van der Waals surface area (Å²) in [6.45, 7) is 2.84. The average molecular weight is 476 g/mol. The van der Waals surface area contributed by atoms with Crippen LogP contribution in [0.4, 0.5) is 14.7 Å². The van der Waals surface area contributed by atoms with Gasteiger partial charge in [-0.15, -0.1) is 0 Å². The van der Waals surface area contributed by atoms with Crippen LogP contribution in [-0.4, -0.2) is 38.5 Å². The molecule has 0 bridgehead atoms. The first kappa shape index (κ1) is 23.7. The summed E-state index contributed by atoms with van der Waals surface area (Å²) in [6, 6.07) is 9.07. The smallest absolute Gasteiger partial charge is 0.266 e. The Kier molecular flexibility index (Phi) is 7.20. The molecule has 0 radical (unpaired) electrons. The van der Waals surface area contributed by atoms with Gasteiger partial charge in [-0.05, 0) is 42.3 Å². The molecule has 1 amide bonds. The van der Waals surface area contributed by atoms with Gasteiger partial charge in [0.2, 0.25) is 5.95 Å². The Labute approximate surface area is 199 Å². The summed E-state index contributed by atoms with van der Waals surface area (Å²) in [6.07, 6.45) is 7.75. The van der Waals surface area contributed by atoms with Crippen molar-refractivity contribution in [3.8, 4) is 0 Å². The zero-order valence-corrected chi connectivity index (χ0v) is 18.8. The van der Waals surface area contributed by atoms with Crippen molar-refractivity contribution >= 4 is 28.8 Å². The Balaban J connectivity index is 1.39. The summed E-state index contributed by atoms with van der Waals surface area (Å²) in [5.74, 6) is -2.00. The van der Waals surface area contributed by atoms with Gasteiger partial charge in [0, 0.05) is 30.9 Å². The summed E-state index contributed by atoms with van der Waals surface area (Å²) in [5.41, 5.74) is 1.35. The van der Waals surface area contributed by atoms with Crippen LogP contribution >= 0.6 is 0 Å². The quantitative estimate of drug-likeness (QED) is 0.404. The molecule has 0 aliphatic heterocycles. The fourth-order valence-electron chi connectivity index (χ4n) is 3.39. The highest BCUT2D eigenvalue weighted by atomic mass is 19.2. The molecular weight excluding hydrogens is 454 g/mol. The maximum atomic E-state index is 13.4. The lowest BCUT2D eigenvalue weighted by atomic mass is 10.1. The fraction of sp³-hybridized carbons (Fsp3) is 0.160. The number of hydrogen-bond donors (Lipinski definition) is 2. The molecule has 8 nitrogen and oxygen atoms in total. The van der Waals surface area contributed by atoms with Gasteiger partial charge in [0.05, 0.1) is 18.4 Å². The van der Waals surface area contributed by atoms with Crippen LogP contribution in [-0.2, 0) is 6.54 Å². The Morgan fingerprint density at radius 2 is 1.97 bits per heavy atom. The molecule has 0 spiro atoms. The zero-order valence-electron chi connectivity index (χ0n) is 18.8. The van der Waals surface area contributed by atoms with E-state index in [0.717, 1.165) is 39.7 Å². The molecule has 2 N–H and O–H groups in total. The summed E-state index contributed by atoms with van der Waals surface area (Å²) >= 11 is 0. The number of benzene rings is 2. The third kappa shape index (κ3) is 5.72. The van der Waals surface area contributed by atoms with Crippen LogP contribution in [0.3, 0.4) is 0 Å². The first-order chi connectivity index (χ1) is 16.9. The number of fused-ring (bicyclic) bond motifs is 1. The minimum absolute atomic E-state index is 0.0499. The summed E-state index contributed by atoms with van der Waals surface area (Å²) in [5, 5.41) is 6.61. The third-order valence-corrected chi connectivity index (χ3v) is 5.11. The van der Waals surface area contributed by atoms with Crippen LogP contribution < -0.4 is 16.2 Å². The van der Waals surface area contributed by atoms with Gasteiger partial charge in [-0.3, -0.25) is 14.2 Å². The number of rotatable bonds is 8. The van der Waals surface area contributed by atoms with E-state index in [1.54, 1.807) is 12.3 Å². The lowest BCUT2D eigenvalue weighted by Crippen LogP contribution is -2.33. The van der Waals surface area contributed by atoms with E-state index in [1.165, 1.54) is 18.6 Å². The van der Waals surface area contributed by atoms with Crippen LogP contribution in [0.15, 0.2) is 66.0 Å². The molecule has 4 aromatic rings. The summed E-state index contributed by atoms with van der Waals surface area (Å²) < 4.78 is 27.7. The number of nitrogens with one attached hydrogen (secondary N) is 2. The van der Waals surface area contributed by atoms with Crippen molar-refractivity contribution in [1.82, 2.24) is 24.8 Å². The van der Waals surface area contributed by atoms with E-state index in [9.17, 15) is 18.4 Å². The van der Waals surface area contributed by atoms with Crippen LogP contribution in [0.1, 0.15) is 28.4 Å². The number of nitrogens with zero attached hydrogens (tertiary/aromatic N) is 4. The van der Waals surface area contributed by atoms with Gasteiger partial charge >= 0.3 is 0 Å². The second kappa shape index (κ2) is 10.6. The van der Waals surface area contributed by atoms with Gasteiger partial charge in [0.25, 0.3) is 11.5 Å². The molecule has 0 atom stereocenters. The fourth-order valence-corrected chi connectivity index (χ4v) is 3.39. The number of aromatic nitrogens is 4. The van der Waals surface area contributed by atoms with Crippen LogP contribution in [0.5, 0.6) is 0 Å². The molecule has 0 aliphatic carbocycles. The maximum Gasteiger partial charge on any atom is 0.266 e. The lowest BCUT2D eigenvalue weighted by molar-refractivity contribution is 0.0955. The molecule has 2 aromatic carbocycles. The Bertz CT molecular complexity index is 1470. The number of amides is 1. The number of carbonyl (C=O) groups is 1. The van der Waals surface area contributed by atoms with Crippen LogP contribution in [0.2, 0.25) is 0 Å². The van der Waals surface area contributed by atoms with Gasteiger partial charge in [-0.1, -0.05) is 24.3 Å². The SMILES string of the molecule is CCNc1ncc2cc(/C=C/CNC(=O)c3cncn(Cc4ccc(F)c(F)c4)c3=O)ccc2n1. The molecule has 0 aliphatic rings. The number of hydrogen-bond acceptors (Lipinski definition) is 6. The highest BCUT2D eigenvalue weighted by Crippen LogP contribution is 2.16. The molecular formula is C25H22F2N6O2. The minimum Gasteiger partial charge on any atom is -0.354 e. The van der Waals surface area contributed by atoms with Gasteiger partial charge < -0.3 is 10.6 Å². The second-order valence-electron chi connectivity index (χ2n) is 7.64. The highest BCUT2D eigenvalue weighted by molar-refractivity contribution is 5.93. The van der Waals surface area contributed by atoms with Crippen molar-refractivity contribution in [3.63, 3.8) is 0 Å². The average Bonchev–Trinajstić information content (AvgIpc) is 2.85. The van der Waals surface area contributed by atoms with Crippen molar-refractivity contribution in [2.75, 3.05) is 18.4 Å². The maximum absolute atomic E-state index is 13.4. The molecule has 2 heterocycles. The monoisotopic (exact) mass is 476 g/mol. The van der Waals surface area contributed by atoms with Crippen molar-refractivity contribution < 1.29 is 13.6 Å². The predicted molar refractivity (Wildman–Crippen MR) is 129 cm³/mol. The van der Waals surface area contributed by atoms with E-state index in [-0.39, 0.29) is 18.7 Å². The predicted octanol–water partition coefficient (Wildman–Crippen LogP) is 3.39. The van der Waals surface area contributed by atoms with E-state index >= 15 is 0 Å². The topological polar surface area (TPSA) is 102 Å². The first-order valence-corrected chi connectivity index (χ1v) is 10.9. The molecule has 2 aromatic heterocycles. The molecule has 0 unspecified atom stereocenters. The van der Waals surface area contributed by atoms with E-state index in [1.807, 2.05) is 31.2 Å². The first-order valence-electron chi connectivity index (χ1n) is 10.9. The normalized spacial score (nSPS) is 11.2. The van der Waals surface area contributed by atoms with E-state index < -0.39 is 23.1 Å². The zero-order chi connectivity index (χ0) is 24.8. The van der Waals surface area contributed by atoms with Crippen molar-refractivity contribution in [2.45, 2.75) is 13.5 Å². The molecule has 10 heteroatoms. The van der Waals surface area contributed by atoms with Crippen molar-refractivity contribution in [2.24, 2.45) is 0 Å². The number of anilines is 1. The molecule has 178 valence electrons. The molecule has 4 rings (SSSR count). The largest absolute Gasteiger partial charge is 0.354 e. The molecule has 0 fully saturated rings. The van der Waals surface area contributed by atoms with Gasteiger partial charge in [0.15, 0.2) is 11.6 Å². The summed E-state index contributed by atoms with van der Waals surface area (Å²) in [4.78, 5) is 37.8. The third-order valence-electron chi connectivity index (χ3n) is 5.11. The van der Waals surface area contributed by atoms with Gasteiger partial charge in [0.1, 0.15) is 5.56 Å². The van der Waals surface area contributed by atoms with Crippen LogP contribution in [0.25, 0.3) is 17.0 Å². The van der Waals surface area contributed by atoms with Crippen molar-refractivity contribution in [3.05, 3.63) is 99.9 Å². The molecule has 0 saturated carbocycles. The van der Waals surface area contributed by atoms with Crippen LogP contribution in [0, 0.1) is 11.6 Å². The lowest BCUT2D eigenvalue weighted by Gasteiger charge is -2.08. The Hall–Kier alpha value is -4.47. The van der Waals surface area contributed by atoms with E-state index in [2.05, 4.69) is 25.6 Å². The van der Waals surface area contributed by atoms with Gasteiger partial charge in [-0.2, -0.15) is 0 Å². The highest BCUT2D eigenvalue weighted by Gasteiger charge is 2.13. The number of halogens is 2. The van der Waals surface area contributed by atoms with Gasteiger partial charge in [-0.25, -0.2) is 23.7 Å². The second-order valence-corrected chi connectivity index (χ2v) is 7.64. The Morgan fingerprint density at radius 3 is 2.77 bits per heavy atom. The Morgan fingerprint density at radius 1 is 1.11 bits per heavy atom. The minimum atomic E-state index is -1.01. The molecule has 35 heavy (non-hydrogen) atoms. The van der Waals surface area contributed by atoms with E-state index in [0.29, 0.717) is 11.5 Å². The van der Waals surface area contributed by atoms with E-state index in [4.69, 9.17) is 0 Å². The molecule has 0 saturated heterocycles. The van der Waals surface area contributed by atoms with Crippen molar-refractivity contribution in [1.29, 1.82) is 0 Å².